The van der Waals surface area contributed by atoms with E-state index in [0.717, 1.165) is 0 Å². The van der Waals surface area contributed by atoms with Gasteiger partial charge in [-0.05, 0) is 30.5 Å². The summed E-state index contributed by atoms with van der Waals surface area (Å²) in [5.74, 6) is -0.266. The van der Waals surface area contributed by atoms with Crippen LogP contribution in [0.15, 0.2) is 24.3 Å². The monoisotopic (exact) mass is 320 g/mol. The Morgan fingerprint density at radius 3 is 2.29 bits per heavy atom. The van der Waals surface area contributed by atoms with Gasteiger partial charge in [0.2, 0.25) is 10.0 Å². The molecule has 1 rings (SSSR count). The van der Waals surface area contributed by atoms with Gasteiger partial charge in [-0.2, -0.15) is 18.4 Å². The topological polar surface area (TPSA) is 70.0 Å². The highest BCUT2D eigenvalue weighted by Crippen LogP contribution is 2.21. The lowest BCUT2D eigenvalue weighted by Gasteiger charge is -2.08. The fourth-order valence-corrected chi connectivity index (χ4v) is 2.81. The highest BCUT2D eigenvalue weighted by molar-refractivity contribution is 7.88. The molecular formula is C13H15F3N2O2S. The van der Waals surface area contributed by atoms with Crippen molar-refractivity contribution in [3.05, 3.63) is 35.4 Å². The van der Waals surface area contributed by atoms with E-state index in [9.17, 15) is 21.6 Å². The number of nitriles is 1. The maximum Gasteiger partial charge on any atom is 0.389 e. The first-order valence-corrected chi connectivity index (χ1v) is 7.90. The van der Waals surface area contributed by atoms with Crippen molar-refractivity contribution in [2.45, 2.75) is 31.2 Å². The van der Waals surface area contributed by atoms with E-state index in [2.05, 4.69) is 4.72 Å². The number of benzene rings is 1. The maximum absolute atomic E-state index is 11.9. The summed E-state index contributed by atoms with van der Waals surface area (Å²) in [5, 5.41) is 8.62. The highest BCUT2D eigenvalue weighted by Gasteiger charge is 2.25. The van der Waals surface area contributed by atoms with E-state index in [-0.39, 0.29) is 25.1 Å². The molecule has 0 radical (unpaired) electrons. The molecule has 1 aromatic carbocycles. The molecule has 0 saturated carbocycles. The van der Waals surface area contributed by atoms with E-state index in [1.54, 1.807) is 0 Å². The molecule has 0 aromatic heterocycles. The van der Waals surface area contributed by atoms with Crippen LogP contribution in [0.25, 0.3) is 0 Å². The molecule has 0 spiro atoms. The Morgan fingerprint density at radius 2 is 1.76 bits per heavy atom. The van der Waals surface area contributed by atoms with E-state index in [0.29, 0.717) is 11.1 Å². The molecule has 0 aliphatic rings. The van der Waals surface area contributed by atoms with Crippen LogP contribution in [0.3, 0.4) is 0 Å². The molecule has 0 unspecified atom stereocenters. The van der Waals surface area contributed by atoms with Crippen molar-refractivity contribution in [2.24, 2.45) is 0 Å². The minimum atomic E-state index is -4.21. The van der Waals surface area contributed by atoms with Gasteiger partial charge in [-0.25, -0.2) is 13.1 Å². The molecule has 1 aromatic rings. The first-order valence-electron chi connectivity index (χ1n) is 6.25. The summed E-state index contributed by atoms with van der Waals surface area (Å²) in [7, 11) is -3.58. The van der Waals surface area contributed by atoms with Crippen molar-refractivity contribution in [1.29, 1.82) is 5.26 Å². The Bertz CT molecular complexity index is 589. The van der Waals surface area contributed by atoms with Gasteiger partial charge >= 0.3 is 6.18 Å². The molecular weight excluding hydrogens is 305 g/mol. The van der Waals surface area contributed by atoms with Gasteiger partial charge < -0.3 is 0 Å². The molecule has 0 bridgehead atoms. The predicted molar refractivity (Wildman–Crippen MR) is 71.7 cm³/mol. The van der Waals surface area contributed by atoms with E-state index in [4.69, 9.17) is 5.26 Å². The first kappa shape index (κ1) is 17.5. The summed E-state index contributed by atoms with van der Waals surface area (Å²) in [6, 6.07) is 8.00. The molecule has 0 heterocycles. The van der Waals surface area contributed by atoms with Crippen LogP contribution in [-0.2, 0) is 15.8 Å². The van der Waals surface area contributed by atoms with Crippen molar-refractivity contribution in [3.8, 4) is 6.07 Å². The highest BCUT2D eigenvalue weighted by atomic mass is 32.2. The summed E-state index contributed by atoms with van der Waals surface area (Å²) >= 11 is 0. The zero-order valence-corrected chi connectivity index (χ0v) is 12.0. The van der Waals surface area contributed by atoms with E-state index in [1.807, 2.05) is 6.07 Å². The van der Waals surface area contributed by atoms with Crippen molar-refractivity contribution < 1.29 is 21.6 Å². The van der Waals surface area contributed by atoms with Gasteiger partial charge in [0.1, 0.15) is 0 Å². The van der Waals surface area contributed by atoms with E-state index < -0.39 is 22.6 Å². The normalized spacial score (nSPS) is 12.1. The van der Waals surface area contributed by atoms with Crippen LogP contribution in [-0.4, -0.2) is 21.1 Å². The van der Waals surface area contributed by atoms with Crippen molar-refractivity contribution >= 4 is 10.0 Å². The molecule has 116 valence electrons. The third-order valence-electron chi connectivity index (χ3n) is 2.65. The van der Waals surface area contributed by atoms with Crippen LogP contribution in [0.4, 0.5) is 13.2 Å². The zero-order chi connectivity index (χ0) is 15.9. The second-order valence-electron chi connectivity index (χ2n) is 4.53. The lowest BCUT2D eigenvalue weighted by molar-refractivity contribution is -0.135. The third-order valence-corrected chi connectivity index (χ3v) is 4.01. The molecule has 4 nitrogen and oxygen atoms in total. The van der Waals surface area contributed by atoms with Crippen molar-refractivity contribution in [2.75, 3.05) is 6.54 Å². The molecule has 0 amide bonds. The minimum Gasteiger partial charge on any atom is -0.215 e. The molecule has 0 saturated heterocycles. The summed E-state index contributed by atoms with van der Waals surface area (Å²) in [4.78, 5) is 0. The van der Waals surface area contributed by atoms with Gasteiger partial charge in [0.05, 0.1) is 17.4 Å². The van der Waals surface area contributed by atoms with Crippen molar-refractivity contribution in [1.82, 2.24) is 4.72 Å². The third kappa shape index (κ3) is 7.68. The number of nitrogens with zero attached hydrogens (tertiary/aromatic N) is 1. The second kappa shape index (κ2) is 7.43. The number of unbranched alkanes of at least 4 members (excludes halogenated alkanes) is 1. The number of hydrogen-bond acceptors (Lipinski definition) is 3. The number of rotatable bonds is 7. The standard InChI is InChI=1S/C13H15F3N2O2S/c14-13(15,16)7-1-2-8-18-21(19,20)10-12-5-3-11(9-17)4-6-12/h3-6,18H,1-2,7-8,10H2. The Labute approximate surface area is 121 Å². The molecule has 8 heteroatoms. The fourth-order valence-electron chi connectivity index (χ4n) is 1.62. The van der Waals surface area contributed by atoms with Gasteiger partial charge in [0.15, 0.2) is 0 Å². The minimum absolute atomic E-state index is 0.0192. The largest absolute Gasteiger partial charge is 0.389 e. The summed E-state index contributed by atoms with van der Waals surface area (Å²) in [5.41, 5.74) is 0.938. The Balaban J connectivity index is 2.38. The Morgan fingerprint density at radius 1 is 1.14 bits per heavy atom. The summed E-state index contributed by atoms with van der Waals surface area (Å²) < 4.78 is 61.4. The molecule has 0 aliphatic heterocycles. The average molecular weight is 320 g/mol. The number of halogens is 3. The molecule has 0 aliphatic carbocycles. The van der Waals surface area contributed by atoms with Gasteiger partial charge in [-0.15, -0.1) is 0 Å². The smallest absolute Gasteiger partial charge is 0.215 e. The van der Waals surface area contributed by atoms with Crippen LogP contribution >= 0.6 is 0 Å². The van der Waals surface area contributed by atoms with Gasteiger partial charge in [0, 0.05) is 13.0 Å². The van der Waals surface area contributed by atoms with Gasteiger partial charge in [0.25, 0.3) is 0 Å². The van der Waals surface area contributed by atoms with Crippen LogP contribution in [0.5, 0.6) is 0 Å². The van der Waals surface area contributed by atoms with Crippen LogP contribution in [0.1, 0.15) is 30.4 Å². The lowest BCUT2D eigenvalue weighted by Crippen LogP contribution is -2.26. The van der Waals surface area contributed by atoms with Crippen LogP contribution in [0.2, 0.25) is 0 Å². The Hall–Kier alpha value is -1.59. The first-order chi connectivity index (χ1) is 9.72. The van der Waals surface area contributed by atoms with E-state index >= 15 is 0 Å². The SMILES string of the molecule is N#Cc1ccc(CS(=O)(=O)NCCCCC(F)(F)F)cc1. The van der Waals surface area contributed by atoms with E-state index in [1.165, 1.54) is 24.3 Å². The molecule has 21 heavy (non-hydrogen) atoms. The summed E-state index contributed by atoms with van der Waals surface area (Å²) in [6.45, 7) is -0.0192. The average Bonchev–Trinajstić information content (AvgIpc) is 2.37. The van der Waals surface area contributed by atoms with Crippen LogP contribution in [0, 0.1) is 11.3 Å². The lowest BCUT2D eigenvalue weighted by atomic mass is 10.2. The molecule has 0 fully saturated rings. The second-order valence-corrected chi connectivity index (χ2v) is 6.34. The number of hydrogen-bond donors (Lipinski definition) is 1. The predicted octanol–water partition coefficient (Wildman–Crippen LogP) is 2.71. The quantitative estimate of drug-likeness (QED) is 0.785. The Kier molecular flexibility index (Phi) is 6.18. The number of sulfonamides is 1. The zero-order valence-electron chi connectivity index (χ0n) is 11.2. The van der Waals surface area contributed by atoms with Crippen molar-refractivity contribution in [3.63, 3.8) is 0 Å². The number of nitrogens with one attached hydrogen (secondary N) is 1. The molecule has 0 atom stereocenters. The fraction of sp³-hybridized carbons (Fsp3) is 0.462. The number of alkyl halides is 3. The van der Waals surface area contributed by atoms with Crippen LogP contribution < -0.4 is 4.72 Å². The van der Waals surface area contributed by atoms with Gasteiger partial charge in [-0.3, -0.25) is 0 Å². The van der Waals surface area contributed by atoms with Gasteiger partial charge in [-0.1, -0.05) is 12.1 Å². The summed E-state index contributed by atoms with van der Waals surface area (Å²) in [6.07, 6.45) is -5.10. The molecule has 1 N–H and O–H groups in total. The maximum atomic E-state index is 11.9.